The summed E-state index contributed by atoms with van der Waals surface area (Å²) < 4.78 is 0. The largest absolute Gasteiger partial charge is 0.385 e. The smallest absolute Gasteiger partial charge is 0.0372 e. The van der Waals surface area contributed by atoms with Crippen molar-refractivity contribution >= 4 is 5.69 Å². The third-order valence-electron chi connectivity index (χ3n) is 3.35. The highest BCUT2D eigenvalue weighted by atomic mass is 14.9. The molecule has 1 atom stereocenters. The average molecular weight is 218 g/mol. The molecule has 0 amide bonds. The van der Waals surface area contributed by atoms with Crippen molar-refractivity contribution in [3.8, 4) is 0 Å². The highest BCUT2D eigenvalue weighted by Crippen LogP contribution is 2.24. The van der Waals surface area contributed by atoms with E-state index < -0.39 is 0 Å². The Kier molecular flexibility index (Phi) is 3.83. The lowest BCUT2D eigenvalue weighted by Gasteiger charge is -2.19. The van der Waals surface area contributed by atoms with Gasteiger partial charge in [0, 0.05) is 12.2 Å². The summed E-state index contributed by atoms with van der Waals surface area (Å²) in [6.07, 6.45) is 4.76. The molecule has 0 radical (unpaired) electrons. The minimum atomic E-state index is 0.694. The van der Waals surface area contributed by atoms with Gasteiger partial charge in [-0.3, -0.25) is 0 Å². The van der Waals surface area contributed by atoms with Crippen molar-refractivity contribution < 1.29 is 0 Å². The molecule has 1 heterocycles. The minimum Gasteiger partial charge on any atom is -0.385 e. The monoisotopic (exact) mass is 218 g/mol. The van der Waals surface area contributed by atoms with Gasteiger partial charge < -0.3 is 11.1 Å². The van der Waals surface area contributed by atoms with Crippen LogP contribution in [0.15, 0.2) is 18.2 Å². The number of benzene rings is 1. The first-order valence-electron chi connectivity index (χ1n) is 6.35. The molecule has 0 spiro atoms. The Morgan fingerprint density at radius 1 is 1.44 bits per heavy atom. The molecule has 0 fully saturated rings. The van der Waals surface area contributed by atoms with Crippen LogP contribution in [0.2, 0.25) is 0 Å². The fourth-order valence-electron chi connectivity index (χ4n) is 2.44. The molecule has 88 valence electrons. The van der Waals surface area contributed by atoms with Gasteiger partial charge >= 0.3 is 0 Å². The van der Waals surface area contributed by atoms with Gasteiger partial charge in [-0.2, -0.15) is 0 Å². The van der Waals surface area contributed by atoms with Crippen LogP contribution < -0.4 is 11.1 Å². The summed E-state index contributed by atoms with van der Waals surface area (Å²) in [5.41, 5.74) is 9.87. The highest BCUT2D eigenvalue weighted by Gasteiger charge is 2.10. The van der Waals surface area contributed by atoms with Gasteiger partial charge in [0.2, 0.25) is 0 Å². The van der Waals surface area contributed by atoms with E-state index in [1.807, 2.05) is 0 Å². The second kappa shape index (κ2) is 5.35. The molecule has 1 aromatic rings. The van der Waals surface area contributed by atoms with Crippen molar-refractivity contribution in [3.05, 3.63) is 29.3 Å². The van der Waals surface area contributed by atoms with Crippen LogP contribution in [-0.4, -0.2) is 13.1 Å². The second-order valence-corrected chi connectivity index (χ2v) is 4.91. The quantitative estimate of drug-likeness (QED) is 0.815. The maximum Gasteiger partial charge on any atom is 0.0372 e. The summed E-state index contributed by atoms with van der Waals surface area (Å²) in [5.74, 6) is 0.694. The molecule has 0 bridgehead atoms. The maximum absolute atomic E-state index is 5.58. The maximum atomic E-state index is 5.58. The standard InChI is InChI=1S/C14H22N2/c1-11(6-7-15)9-12-4-5-14-13(10-12)3-2-8-16-14/h4-5,10-11,16H,2-3,6-9,15H2,1H3. The van der Waals surface area contributed by atoms with Gasteiger partial charge in [0.25, 0.3) is 0 Å². The Morgan fingerprint density at radius 2 is 2.31 bits per heavy atom. The van der Waals surface area contributed by atoms with Crippen LogP contribution in [0.25, 0.3) is 0 Å². The van der Waals surface area contributed by atoms with Crippen molar-refractivity contribution in [3.63, 3.8) is 0 Å². The van der Waals surface area contributed by atoms with Crippen LogP contribution in [-0.2, 0) is 12.8 Å². The van der Waals surface area contributed by atoms with E-state index in [0.717, 1.165) is 25.9 Å². The second-order valence-electron chi connectivity index (χ2n) is 4.91. The molecular weight excluding hydrogens is 196 g/mol. The number of fused-ring (bicyclic) bond motifs is 1. The number of anilines is 1. The third-order valence-corrected chi connectivity index (χ3v) is 3.35. The molecule has 2 nitrogen and oxygen atoms in total. The van der Waals surface area contributed by atoms with Crippen LogP contribution in [0.3, 0.4) is 0 Å². The predicted molar refractivity (Wildman–Crippen MR) is 69.8 cm³/mol. The van der Waals surface area contributed by atoms with Gasteiger partial charge in [0.1, 0.15) is 0 Å². The molecule has 0 saturated carbocycles. The molecule has 0 aliphatic carbocycles. The molecule has 0 aromatic heterocycles. The summed E-state index contributed by atoms with van der Waals surface area (Å²) in [6, 6.07) is 6.86. The van der Waals surface area contributed by atoms with E-state index in [1.54, 1.807) is 0 Å². The normalized spacial score (nSPS) is 16.4. The summed E-state index contributed by atoms with van der Waals surface area (Å²) in [7, 11) is 0. The number of nitrogens with two attached hydrogens (primary N) is 1. The lowest BCUT2D eigenvalue weighted by atomic mass is 9.94. The number of rotatable bonds is 4. The minimum absolute atomic E-state index is 0.694. The molecule has 0 saturated heterocycles. The Labute approximate surface area is 98.2 Å². The summed E-state index contributed by atoms with van der Waals surface area (Å²) in [5, 5.41) is 3.45. The Morgan fingerprint density at radius 3 is 3.12 bits per heavy atom. The number of hydrogen-bond donors (Lipinski definition) is 2. The molecule has 2 rings (SSSR count). The fraction of sp³-hybridized carbons (Fsp3) is 0.571. The van der Waals surface area contributed by atoms with Crippen molar-refractivity contribution in [2.45, 2.75) is 32.6 Å². The van der Waals surface area contributed by atoms with Gasteiger partial charge in [-0.05, 0) is 55.3 Å². The lowest BCUT2D eigenvalue weighted by Crippen LogP contribution is -2.12. The number of nitrogens with one attached hydrogen (secondary N) is 1. The van der Waals surface area contributed by atoms with Gasteiger partial charge in [0.05, 0.1) is 0 Å². The summed E-state index contributed by atoms with van der Waals surface area (Å²) in [6.45, 7) is 4.20. The number of hydrogen-bond acceptors (Lipinski definition) is 2. The average Bonchev–Trinajstić information content (AvgIpc) is 2.29. The van der Waals surface area contributed by atoms with Crippen molar-refractivity contribution in [2.24, 2.45) is 11.7 Å². The van der Waals surface area contributed by atoms with E-state index in [9.17, 15) is 0 Å². The zero-order valence-electron chi connectivity index (χ0n) is 10.1. The van der Waals surface area contributed by atoms with E-state index in [2.05, 4.69) is 30.4 Å². The van der Waals surface area contributed by atoms with Crippen LogP contribution in [0.5, 0.6) is 0 Å². The first-order chi connectivity index (χ1) is 7.79. The Bertz CT molecular complexity index is 347. The predicted octanol–water partition coefficient (Wildman–Crippen LogP) is 2.57. The van der Waals surface area contributed by atoms with E-state index in [0.29, 0.717) is 5.92 Å². The van der Waals surface area contributed by atoms with Crippen molar-refractivity contribution in [1.29, 1.82) is 0 Å². The van der Waals surface area contributed by atoms with Crippen LogP contribution >= 0.6 is 0 Å². The first kappa shape index (κ1) is 11.5. The molecule has 16 heavy (non-hydrogen) atoms. The van der Waals surface area contributed by atoms with Crippen molar-refractivity contribution in [1.82, 2.24) is 0 Å². The first-order valence-corrected chi connectivity index (χ1v) is 6.35. The molecular formula is C14H22N2. The molecule has 1 aliphatic rings. The number of aryl methyl sites for hydroxylation is 1. The van der Waals surface area contributed by atoms with E-state index in [4.69, 9.17) is 5.73 Å². The molecule has 3 N–H and O–H groups in total. The van der Waals surface area contributed by atoms with Gasteiger partial charge in [-0.25, -0.2) is 0 Å². The molecule has 1 aromatic carbocycles. The highest BCUT2D eigenvalue weighted by molar-refractivity contribution is 5.54. The molecule has 1 aliphatic heterocycles. The molecule has 1 unspecified atom stereocenters. The Hall–Kier alpha value is -1.02. The topological polar surface area (TPSA) is 38.0 Å². The zero-order chi connectivity index (χ0) is 11.4. The van der Waals surface area contributed by atoms with E-state index >= 15 is 0 Å². The van der Waals surface area contributed by atoms with Crippen LogP contribution in [0.1, 0.15) is 30.9 Å². The van der Waals surface area contributed by atoms with E-state index in [-0.39, 0.29) is 0 Å². The lowest BCUT2D eigenvalue weighted by molar-refractivity contribution is 0.538. The van der Waals surface area contributed by atoms with Crippen LogP contribution in [0.4, 0.5) is 5.69 Å². The van der Waals surface area contributed by atoms with E-state index in [1.165, 1.54) is 29.7 Å². The fourth-order valence-corrected chi connectivity index (χ4v) is 2.44. The zero-order valence-corrected chi connectivity index (χ0v) is 10.1. The Balaban J connectivity index is 2.05. The third kappa shape index (κ3) is 2.76. The summed E-state index contributed by atoms with van der Waals surface area (Å²) in [4.78, 5) is 0. The molecule has 2 heteroatoms. The van der Waals surface area contributed by atoms with Crippen molar-refractivity contribution in [2.75, 3.05) is 18.4 Å². The SMILES string of the molecule is CC(CCN)Cc1ccc2c(c1)CCCN2. The summed E-state index contributed by atoms with van der Waals surface area (Å²) >= 11 is 0. The van der Waals surface area contributed by atoms with Gasteiger partial charge in [0.15, 0.2) is 0 Å². The van der Waals surface area contributed by atoms with Gasteiger partial charge in [-0.15, -0.1) is 0 Å². The van der Waals surface area contributed by atoms with Crippen LogP contribution in [0, 0.1) is 5.92 Å². The van der Waals surface area contributed by atoms with Gasteiger partial charge in [-0.1, -0.05) is 19.1 Å².